The summed E-state index contributed by atoms with van der Waals surface area (Å²) in [6, 6.07) is 7.76. The summed E-state index contributed by atoms with van der Waals surface area (Å²) in [5, 5.41) is 8.42. The number of benzene rings is 1. The molecule has 0 aromatic heterocycles. The van der Waals surface area contributed by atoms with Gasteiger partial charge in [0.25, 0.3) is 0 Å². The molecule has 0 bridgehead atoms. The monoisotopic (exact) mass is 384 g/mol. The zero-order valence-electron chi connectivity index (χ0n) is 16.4. The summed E-state index contributed by atoms with van der Waals surface area (Å²) in [4.78, 5) is 39.3. The molecule has 1 fully saturated rings. The number of nitrogens with one attached hydrogen (secondary N) is 3. The van der Waals surface area contributed by atoms with E-state index in [4.69, 9.17) is 6.42 Å². The van der Waals surface area contributed by atoms with Gasteiger partial charge in [-0.05, 0) is 32.4 Å². The van der Waals surface area contributed by atoms with Crippen LogP contribution in [0.25, 0.3) is 0 Å². The maximum atomic E-state index is 13.0. The van der Waals surface area contributed by atoms with Gasteiger partial charge in [-0.25, -0.2) is 0 Å². The average molecular weight is 384 g/mol. The molecular formula is C21H28N4O3. The fourth-order valence-electron chi connectivity index (χ4n) is 3.15. The number of likely N-dealkylation sites (tertiary alicyclic amines) is 1. The topological polar surface area (TPSA) is 90.5 Å². The predicted molar refractivity (Wildman–Crippen MR) is 107 cm³/mol. The highest BCUT2D eigenvalue weighted by molar-refractivity contribution is 5.93. The molecule has 2 rings (SSSR count). The number of nitrogens with zero attached hydrogens (tertiary/aromatic N) is 1. The second kappa shape index (κ2) is 10.5. The van der Waals surface area contributed by atoms with Crippen molar-refractivity contribution in [3.63, 3.8) is 0 Å². The van der Waals surface area contributed by atoms with Crippen LogP contribution in [-0.2, 0) is 20.9 Å². The Hall–Kier alpha value is -2.85. The lowest BCUT2D eigenvalue weighted by molar-refractivity contribution is -0.141. The summed E-state index contributed by atoms with van der Waals surface area (Å²) in [6.45, 7) is 2.58. The molecule has 1 saturated heterocycles. The fraction of sp³-hybridized carbons (Fsp3) is 0.476. The van der Waals surface area contributed by atoms with Crippen molar-refractivity contribution in [1.82, 2.24) is 20.9 Å². The van der Waals surface area contributed by atoms with Gasteiger partial charge in [0.05, 0.1) is 6.04 Å². The van der Waals surface area contributed by atoms with E-state index in [0.717, 1.165) is 12.0 Å². The predicted octanol–water partition coefficient (Wildman–Crippen LogP) is 0.410. The minimum Gasteiger partial charge on any atom is -0.350 e. The van der Waals surface area contributed by atoms with Crippen molar-refractivity contribution >= 4 is 17.7 Å². The smallest absolute Gasteiger partial charge is 0.246 e. The third-order valence-electron chi connectivity index (χ3n) is 4.91. The molecule has 3 amide bonds. The number of carbonyl (C=O) groups is 3. The van der Waals surface area contributed by atoms with Crippen molar-refractivity contribution in [2.75, 3.05) is 13.6 Å². The molecule has 150 valence electrons. The molecule has 7 heteroatoms. The highest BCUT2D eigenvalue weighted by Crippen LogP contribution is 2.19. The molecular weight excluding hydrogens is 356 g/mol. The Morgan fingerprint density at radius 3 is 2.64 bits per heavy atom. The molecule has 1 aliphatic heterocycles. The second-order valence-corrected chi connectivity index (χ2v) is 6.87. The van der Waals surface area contributed by atoms with Gasteiger partial charge in [0.2, 0.25) is 17.7 Å². The van der Waals surface area contributed by atoms with E-state index in [1.54, 1.807) is 14.0 Å². The van der Waals surface area contributed by atoms with Gasteiger partial charge in [-0.1, -0.05) is 30.3 Å². The average Bonchev–Trinajstić information content (AvgIpc) is 3.21. The molecule has 7 nitrogen and oxygen atoms in total. The van der Waals surface area contributed by atoms with E-state index in [0.29, 0.717) is 19.5 Å². The molecule has 1 aromatic carbocycles. The lowest BCUT2D eigenvalue weighted by Crippen LogP contribution is -2.55. The minimum absolute atomic E-state index is 0.0792. The third-order valence-corrected chi connectivity index (χ3v) is 4.91. The lowest BCUT2D eigenvalue weighted by Gasteiger charge is -2.28. The summed E-state index contributed by atoms with van der Waals surface area (Å²) >= 11 is 0. The SMILES string of the molecule is C#CC[C@H](NC(=O)[C@H](C)NC)C(=O)N1CCC[C@H]1C(=O)NCc1ccccc1. The van der Waals surface area contributed by atoms with Crippen LogP contribution in [0.4, 0.5) is 0 Å². The lowest BCUT2D eigenvalue weighted by atomic mass is 10.1. The Labute approximate surface area is 166 Å². The number of rotatable bonds is 8. The van der Waals surface area contributed by atoms with E-state index in [2.05, 4.69) is 21.9 Å². The molecule has 3 N–H and O–H groups in total. The quantitative estimate of drug-likeness (QED) is 0.566. The Kier molecular flexibility index (Phi) is 8.02. The van der Waals surface area contributed by atoms with Crippen LogP contribution >= 0.6 is 0 Å². The van der Waals surface area contributed by atoms with E-state index < -0.39 is 18.1 Å². The highest BCUT2D eigenvalue weighted by atomic mass is 16.2. The van der Waals surface area contributed by atoms with Crippen LogP contribution in [0.15, 0.2) is 30.3 Å². The zero-order chi connectivity index (χ0) is 20.5. The number of amides is 3. The Balaban J connectivity index is 2.01. The van der Waals surface area contributed by atoms with Crippen molar-refractivity contribution in [3.8, 4) is 12.3 Å². The van der Waals surface area contributed by atoms with E-state index >= 15 is 0 Å². The van der Waals surface area contributed by atoms with Crippen LogP contribution in [-0.4, -0.2) is 54.3 Å². The summed E-state index contributed by atoms with van der Waals surface area (Å²) in [6.07, 6.45) is 6.80. The van der Waals surface area contributed by atoms with Crippen molar-refractivity contribution in [2.24, 2.45) is 0 Å². The van der Waals surface area contributed by atoms with Crippen molar-refractivity contribution in [2.45, 2.75) is 50.9 Å². The van der Waals surface area contributed by atoms with Crippen LogP contribution in [0.2, 0.25) is 0 Å². The third kappa shape index (κ3) is 5.57. The molecule has 3 atom stereocenters. The van der Waals surface area contributed by atoms with Gasteiger partial charge in [-0.15, -0.1) is 12.3 Å². The summed E-state index contributed by atoms with van der Waals surface area (Å²) in [5.74, 6) is 1.63. The van der Waals surface area contributed by atoms with Gasteiger partial charge >= 0.3 is 0 Å². The van der Waals surface area contributed by atoms with Crippen molar-refractivity contribution in [3.05, 3.63) is 35.9 Å². The summed E-state index contributed by atoms with van der Waals surface area (Å²) in [7, 11) is 1.66. The van der Waals surface area contributed by atoms with Gasteiger partial charge in [-0.3, -0.25) is 14.4 Å². The number of carbonyl (C=O) groups excluding carboxylic acids is 3. The molecule has 1 heterocycles. The Morgan fingerprint density at radius 1 is 1.29 bits per heavy atom. The summed E-state index contributed by atoms with van der Waals surface area (Å²) < 4.78 is 0. The molecule has 0 spiro atoms. The number of hydrogen-bond donors (Lipinski definition) is 3. The maximum Gasteiger partial charge on any atom is 0.246 e. The Morgan fingerprint density at radius 2 is 2.00 bits per heavy atom. The van der Waals surface area contributed by atoms with Crippen LogP contribution in [0.3, 0.4) is 0 Å². The number of hydrogen-bond acceptors (Lipinski definition) is 4. The van der Waals surface area contributed by atoms with Crippen LogP contribution < -0.4 is 16.0 Å². The highest BCUT2D eigenvalue weighted by Gasteiger charge is 2.37. The van der Waals surface area contributed by atoms with E-state index in [9.17, 15) is 14.4 Å². The second-order valence-electron chi connectivity index (χ2n) is 6.87. The van der Waals surface area contributed by atoms with Gasteiger partial charge in [0, 0.05) is 19.5 Å². The first-order valence-electron chi connectivity index (χ1n) is 9.51. The largest absolute Gasteiger partial charge is 0.350 e. The van der Waals surface area contributed by atoms with Crippen LogP contribution in [0.5, 0.6) is 0 Å². The normalized spacial score (nSPS) is 18.0. The molecule has 0 saturated carbocycles. The molecule has 1 aliphatic rings. The van der Waals surface area contributed by atoms with Gasteiger partial charge in [0.15, 0.2) is 0 Å². The van der Waals surface area contributed by atoms with Crippen LogP contribution in [0.1, 0.15) is 31.7 Å². The van der Waals surface area contributed by atoms with E-state index in [1.807, 2.05) is 30.3 Å². The molecule has 0 aliphatic carbocycles. The molecule has 28 heavy (non-hydrogen) atoms. The van der Waals surface area contributed by atoms with Gasteiger partial charge in [-0.2, -0.15) is 0 Å². The summed E-state index contributed by atoms with van der Waals surface area (Å²) in [5.41, 5.74) is 0.991. The first-order chi connectivity index (χ1) is 13.5. The van der Waals surface area contributed by atoms with Crippen LogP contribution in [0, 0.1) is 12.3 Å². The van der Waals surface area contributed by atoms with Gasteiger partial charge < -0.3 is 20.9 Å². The van der Waals surface area contributed by atoms with Crippen molar-refractivity contribution in [1.29, 1.82) is 0 Å². The molecule has 1 aromatic rings. The number of terminal acetylenes is 1. The molecule has 0 radical (unpaired) electrons. The zero-order valence-corrected chi connectivity index (χ0v) is 16.4. The van der Waals surface area contributed by atoms with Crippen molar-refractivity contribution < 1.29 is 14.4 Å². The minimum atomic E-state index is -0.837. The maximum absolute atomic E-state index is 13.0. The van der Waals surface area contributed by atoms with E-state index in [-0.39, 0.29) is 24.1 Å². The number of likely N-dealkylation sites (N-methyl/N-ethyl adjacent to an activating group) is 1. The first-order valence-corrected chi connectivity index (χ1v) is 9.51. The Bertz CT molecular complexity index is 729. The first kappa shape index (κ1) is 21.5. The van der Waals surface area contributed by atoms with Gasteiger partial charge in [0.1, 0.15) is 12.1 Å². The standard InChI is InChI=1S/C21H28N4O3/c1-4-9-17(24-19(26)15(2)22-3)21(28)25-13-8-12-18(25)20(27)23-14-16-10-6-5-7-11-16/h1,5-7,10-11,15,17-18,22H,8-9,12-14H2,2-3H3,(H,23,27)(H,24,26)/t15-,17-,18-/m0/s1. The fourth-order valence-corrected chi connectivity index (χ4v) is 3.15. The van der Waals surface area contributed by atoms with E-state index in [1.165, 1.54) is 4.90 Å². The molecule has 0 unspecified atom stereocenters.